The number of thiophene rings is 1. The van der Waals surface area contributed by atoms with E-state index in [9.17, 15) is 9.59 Å². The molecule has 1 aliphatic rings. The van der Waals surface area contributed by atoms with Crippen molar-refractivity contribution in [2.75, 3.05) is 13.1 Å². The van der Waals surface area contributed by atoms with Crippen LogP contribution in [-0.2, 0) is 19.6 Å². The van der Waals surface area contributed by atoms with Crippen molar-refractivity contribution in [1.29, 1.82) is 0 Å². The van der Waals surface area contributed by atoms with Gasteiger partial charge in [0.2, 0.25) is 0 Å². The van der Waals surface area contributed by atoms with Gasteiger partial charge in [-0.05, 0) is 25.8 Å². The molecule has 0 spiro atoms. The Balaban J connectivity index is 2.12. The molecule has 142 valence electrons. The molecule has 0 bridgehead atoms. The third-order valence-electron chi connectivity index (χ3n) is 5.02. The fourth-order valence-corrected chi connectivity index (χ4v) is 5.46. The van der Waals surface area contributed by atoms with Crippen LogP contribution in [0, 0.1) is 12.0 Å². The van der Waals surface area contributed by atoms with Crippen LogP contribution in [0.15, 0.2) is 4.79 Å². The first-order valence-electron chi connectivity index (χ1n) is 9.32. The molecule has 0 saturated carbocycles. The number of hydrogen-bond acceptors (Lipinski definition) is 3. The number of amides is 2. The Morgan fingerprint density at radius 2 is 1.96 bits per heavy atom. The van der Waals surface area contributed by atoms with Crippen LogP contribution in [-0.4, -0.2) is 33.2 Å². The number of carbonyl (C=O) groups is 1. The topological polar surface area (TPSA) is 59.3 Å². The zero-order valence-corrected chi connectivity index (χ0v) is 17.5. The monoisotopic (exact) mass is 394 g/mol. The smallest absolute Gasteiger partial charge is 0.329 e. The lowest BCUT2D eigenvalue weighted by molar-refractivity contribution is 0.216. The van der Waals surface area contributed by atoms with Crippen LogP contribution >= 0.6 is 20.2 Å². The van der Waals surface area contributed by atoms with Gasteiger partial charge in [0, 0.05) is 36.4 Å². The summed E-state index contributed by atoms with van der Waals surface area (Å²) in [5.41, 5.74) is 1.19. The first-order valence-corrected chi connectivity index (χ1v) is 10.6. The maximum atomic E-state index is 13.0. The molecule has 26 heavy (non-hydrogen) atoms. The molecule has 1 saturated heterocycles. The Morgan fingerprint density at radius 1 is 1.19 bits per heavy atom. The number of rotatable bonds is 7. The van der Waals surface area contributed by atoms with Crippen molar-refractivity contribution in [1.82, 2.24) is 19.4 Å². The van der Waals surface area contributed by atoms with Gasteiger partial charge in [-0.25, -0.2) is 9.59 Å². The van der Waals surface area contributed by atoms with Crippen LogP contribution in [0.3, 0.4) is 0 Å². The van der Waals surface area contributed by atoms with Gasteiger partial charge in [-0.3, -0.25) is 9.13 Å². The minimum Gasteiger partial charge on any atom is -0.336 e. The van der Waals surface area contributed by atoms with Crippen molar-refractivity contribution in [2.24, 2.45) is 0 Å². The molecule has 1 N–H and O–H groups in total. The fourth-order valence-electron chi connectivity index (χ4n) is 3.47. The highest BCUT2D eigenvalue weighted by Crippen LogP contribution is 2.32. The molecule has 0 unspecified atom stereocenters. The number of aromatic nitrogens is 2. The lowest BCUT2D eigenvalue weighted by Gasteiger charge is -2.13. The number of nitrogens with zero attached hydrogens (tertiary/aromatic N) is 3. The molecule has 1 aliphatic heterocycles. The summed E-state index contributed by atoms with van der Waals surface area (Å²) < 4.78 is 3.71. The maximum Gasteiger partial charge on any atom is 0.329 e. The van der Waals surface area contributed by atoms with E-state index in [0.29, 0.717) is 19.6 Å². The van der Waals surface area contributed by atoms with Crippen LogP contribution in [0.25, 0.3) is 10.2 Å². The summed E-state index contributed by atoms with van der Waals surface area (Å²) in [6.45, 7) is 9.63. The van der Waals surface area contributed by atoms with E-state index in [1.807, 2.05) is 16.4 Å². The molecule has 0 atom stereocenters. The molecule has 2 amide bonds. The summed E-state index contributed by atoms with van der Waals surface area (Å²) in [5, 5.41) is 4.78. The van der Waals surface area contributed by atoms with E-state index in [2.05, 4.69) is 28.0 Å². The zero-order chi connectivity index (χ0) is 18.8. The second kappa shape index (κ2) is 7.97. The predicted molar refractivity (Wildman–Crippen MR) is 109 cm³/mol. The van der Waals surface area contributed by atoms with Gasteiger partial charge in [-0.15, -0.1) is 11.3 Å². The van der Waals surface area contributed by atoms with Gasteiger partial charge < -0.3 is 10.2 Å². The van der Waals surface area contributed by atoms with E-state index >= 15 is 0 Å². The molecule has 2 aromatic heterocycles. The van der Waals surface area contributed by atoms with Crippen LogP contribution in [0.4, 0.5) is 4.79 Å². The van der Waals surface area contributed by atoms with Gasteiger partial charge in [0.25, 0.3) is 0 Å². The Kier molecular flexibility index (Phi) is 5.88. The zero-order valence-electron chi connectivity index (χ0n) is 15.7. The number of fused-ring (bicyclic) bond motifs is 1. The first-order chi connectivity index (χ1) is 12.5. The largest absolute Gasteiger partial charge is 0.336 e. The molecule has 3 rings (SSSR count). The van der Waals surface area contributed by atoms with Crippen molar-refractivity contribution in [3.05, 3.63) is 26.0 Å². The summed E-state index contributed by atoms with van der Waals surface area (Å²) in [6, 6.07) is -0.00980. The average molecular weight is 394 g/mol. The summed E-state index contributed by atoms with van der Waals surface area (Å²) >= 11 is 1.64. The Hall–Kier alpha value is -1.59. The van der Waals surface area contributed by atoms with Crippen LogP contribution in [0.5, 0.6) is 0 Å². The van der Waals surface area contributed by atoms with Gasteiger partial charge >= 0.3 is 11.7 Å². The molecule has 0 radical (unpaired) electrons. The molecular weight excluding hydrogens is 367 g/mol. The molecular formula is C18H27N4O2PS. The molecule has 3 heterocycles. The minimum absolute atomic E-state index is 0.00980. The molecule has 1 fully saturated rings. The Labute approximate surface area is 159 Å². The third-order valence-corrected chi connectivity index (χ3v) is 6.84. The molecule has 2 aromatic rings. The lowest BCUT2D eigenvalue weighted by Crippen LogP contribution is -2.31. The van der Waals surface area contributed by atoms with E-state index in [1.165, 1.54) is 0 Å². The van der Waals surface area contributed by atoms with Crippen LogP contribution in [0.2, 0.25) is 0 Å². The van der Waals surface area contributed by atoms with Crippen molar-refractivity contribution < 1.29 is 4.79 Å². The Bertz CT molecular complexity index is 943. The van der Waals surface area contributed by atoms with Crippen molar-refractivity contribution in [3.8, 4) is 0 Å². The minimum atomic E-state index is -0.00980. The van der Waals surface area contributed by atoms with Gasteiger partial charge in [0.05, 0.1) is 11.6 Å². The standard InChI is InChI=1S/C18H27N4O2PS/c1-4-6-7-9-22-16-14(15(25)21(5-2)18(22)24)12(3)13(26-16)11-20-10-8-19-17(20)23/h25H,4-11H2,1-3H3,(H,19,23). The van der Waals surface area contributed by atoms with Gasteiger partial charge in [-0.1, -0.05) is 28.6 Å². The van der Waals surface area contributed by atoms with Gasteiger partial charge in [0.1, 0.15) is 4.83 Å². The summed E-state index contributed by atoms with van der Waals surface area (Å²) in [7, 11) is 3.72. The molecule has 0 aliphatic carbocycles. The van der Waals surface area contributed by atoms with Gasteiger partial charge in [0.15, 0.2) is 0 Å². The third kappa shape index (κ3) is 3.35. The number of carbonyl (C=O) groups excluding carboxylic acids is 1. The normalized spacial score (nSPS) is 14.4. The van der Waals surface area contributed by atoms with E-state index in [-0.39, 0.29) is 11.7 Å². The highest BCUT2D eigenvalue weighted by Gasteiger charge is 2.23. The van der Waals surface area contributed by atoms with E-state index in [0.717, 1.165) is 58.1 Å². The maximum absolute atomic E-state index is 13.0. The van der Waals surface area contributed by atoms with Gasteiger partial charge in [-0.2, -0.15) is 0 Å². The van der Waals surface area contributed by atoms with E-state index in [1.54, 1.807) is 15.9 Å². The lowest BCUT2D eigenvalue weighted by atomic mass is 10.2. The van der Waals surface area contributed by atoms with Crippen molar-refractivity contribution in [2.45, 2.75) is 59.7 Å². The number of unbranched alkanes of at least 4 members (excludes halogenated alkanes) is 2. The predicted octanol–water partition coefficient (Wildman–Crippen LogP) is 3.58. The van der Waals surface area contributed by atoms with E-state index < -0.39 is 0 Å². The Morgan fingerprint density at radius 3 is 2.58 bits per heavy atom. The second-order valence-corrected chi connectivity index (χ2v) is 8.28. The second-order valence-electron chi connectivity index (χ2n) is 6.72. The number of hydrogen-bond donors (Lipinski definition) is 1. The number of aryl methyl sites for hydroxylation is 2. The SMILES string of the molecule is CCCCCn1c(=O)n(CC)c(=P)c2c(C)c(CN3CCNC3=O)sc21. The molecule has 8 heteroatoms. The van der Waals surface area contributed by atoms with Crippen LogP contribution in [0.1, 0.15) is 43.6 Å². The van der Waals surface area contributed by atoms with Crippen molar-refractivity contribution >= 4 is 36.4 Å². The molecule has 0 aromatic carbocycles. The highest BCUT2D eigenvalue weighted by atomic mass is 32.1. The number of urea groups is 1. The first kappa shape index (κ1) is 19.2. The number of nitrogens with one attached hydrogen (secondary N) is 1. The fraction of sp³-hybridized carbons (Fsp3) is 0.611. The van der Waals surface area contributed by atoms with Crippen molar-refractivity contribution in [3.63, 3.8) is 0 Å². The highest BCUT2D eigenvalue weighted by molar-refractivity contribution is 7.19. The quantitative estimate of drug-likeness (QED) is 0.576. The molecule has 6 nitrogen and oxygen atoms in total. The summed E-state index contributed by atoms with van der Waals surface area (Å²) in [4.78, 5) is 28.9. The summed E-state index contributed by atoms with van der Waals surface area (Å²) in [6.07, 6.45) is 3.23. The average Bonchev–Trinajstić information content (AvgIpc) is 3.16. The summed E-state index contributed by atoms with van der Waals surface area (Å²) in [5.74, 6) is 0. The van der Waals surface area contributed by atoms with E-state index in [4.69, 9.17) is 0 Å². The van der Waals surface area contributed by atoms with Crippen LogP contribution < -0.4 is 11.0 Å².